The SMILES string of the molecule is Cc1[nH+]c(Cl)c(N=O)c(=O)n1C. The van der Waals surface area contributed by atoms with Crippen LogP contribution in [-0.4, -0.2) is 4.57 Å². The van der Waals surface area contributed by atoms with E-state index in [1.54, 1.807) is 6.92 Å². The molecule has 0 aliphatic rings. The maximum Gasteiger partial charge on any atom is 0.368 e. The van der Waals surface area contributed by atoms with Gasteiger partial charge in [0.05, 0.1) is 7.05 Å². The van der Waals surface area contributed by atoms with Crippen molar-refractivity contribution in [3.05, 3.63) is 26.2 Å². The standard InChI is InChI=1S/C6H6ClN3O2/c1-3-8-5(7)4(9-12)6(11)10(3)2/h1-2H3/p+1. The first kappa shape index (κ1) is 8.86. The number of hydrogen-bond donors (Lipinski definition) is 0. The van der Waals surface area contributed by atoms with E-state index >= 15 is 0 Å². The molecule has 0 saturated carbocycles. The Hall–Kier alpha value is -1.23. The average molecular weight is 189 g/mol. The quantitative estimate of drug-likeness (QED) is 0.478. The molecule has 0 atom stereocenters. The molecule has 6 heteroatoms. The minimum atomic E-state index is -0.494. The second-order valence-corrected chi connectivity index (χ2v) is 2.71. The maximum absolute atomic E-state index is 11.2. The lowest BCUT2D eigenvalue weighted by molar-refractivity contribution is -0.392. The van der Waals surface area contributed by atoms with Crippen LogP contribution >= 0.6 is 11.6 Å². The highest BCUT2D eigenvalue weighted by molar-refractivity contribution is 6.30. The van der Waals surface area contributed by atoms with Gasteiger partial charge in [-0.3, -0.25) is 0 Å². The van der Waals surface area contributed by atoms with Crippen molar-refractivity contribution >= 4 is 17.3 Å². The molecular weight excluding hydrogens is 182 g/mol. The lowest BCUT2D eigenvalue weighted by Gasteiger charge is -1.95. The largest absolute Gasteiger partial charge is 0.368 e. The molecule has 0 aliphatic heterocycles. The first-order chi connectivity index (χ1) is 5.57. The summed E-state index contributed by atoms with van der Waals surface area (Å²) in [6.45, 7) is 1.67. The van der Waals surface area contributed by atoms with Crippen LogP contribution in [0, 0.1) is 11.8 Å². The second kappa shape index (κ2) is 3.02. The molecule has 1 aromatic heterocycles. The Labute approximate surface area is 73.0 Å². The van der Waals surface area contributed by atoms with Gasteiger partial charge < -0.3 is 0 Å². The third-order valence-corrected chi connectivity index (χ3v) is 1.87. The fraction of sp³-hybridized carbons (Fsp3) is 0.333. The predicted molar refractivity (Wildman–Crippen MR) is 43.4 cm³/mol. The van der Waals surface area contributed by atoms with E-state index in [2.05, 4.69) is 10.2 Å². The summed E-state index contributed by atoms with van der Waals surface area (Å²) >= 11 is 5.54. The number of aromatic nitrogens is 2. The van der Waals surface area contributed by atoms with E-state index in [9.17, 15) is 9.70 Å². The maximum atomic E-state index is 11.2. The molecule has 0 aromatic carbocycles. The van der Waals surface area contributed by atoms with E-state index in [0.29, 0.717) is 5.82 Å². The molecular formula is C6H7ClN3O2+. The van der Waals surface area contributed by atoms with E-state index in [4.69, 9.17) is 11.6 Å². The number of rotatable bonds is 1. The molecule has 0 saturated heterocycles. The lowest BCUT2D eigenvalue weighted by atomic mass is 10.5. The van der Waals surface area contributed by atoms with Crippen molar-refractivity contribution in [1.82, 2.24) is 4.57 Å². The van der Waals surface area contributed by atoms with Crippen LogP contribution in [0.4, 0.5) is 5.69 Å². The fourth-order valence-electron chi connectivity index (χ4n) is 0.786. The van der Waals surface area contributed by atoms with E-state index < -0.39 is 5.56 Å². The minimum absolute atomic E-state index is 0.0226. The van der Waals surface area contributed by atoms with Crippen molar-refractivity contribution in [1.29, 1.82) is 0 Å². The van der Waals surface area contributed by atoms with Gasteiger partial charge in [0, 0.05) is 6.92 Å². The Bertz CT molecular complexity index is 385. The van der Waals surface area contributed by atoms with Gasteiger partial charge in [-0.1, -0.05) is 0 Å². The molecule has 0 radical (unpaired) electrons. The summed E-state index contributed by atoms with van der Waals surface area (Å²) in [5.74, 6) is 0.567. The predicted octanol–water partition coefficient (Wildman–Crippen LogP) is 0.559. The van der Waals surface area contributed by atoms with Gasteiger partial charge in [0.2, 0.25) is 5.15 Å². The van der Waals surface area contributed by atoms with Crippen molar-refractivity contribution in [2.45, 2.75) is 6.92 Å². The highest BCUT2D eigenvalue weighted by atomic mass is 35.5. The number of nitrogens with zero attached hydrogens (tertiary/aromatic N) is 2. The minimum Gasteiger partial charge on any atom is -0.239 e. The van der Waals surface area contributed by atoms with Crippen molar-refractivity contribution in [3.63, 3.8) is 0 Å². The van der Waals surface area contributed by atoms with Gasteiger partial charge in [-0.05, 0) is 16.8 Å². The van der Waals surface area contributed by atoms with Crippen LogP contribution in [0.25, 0.3) is 0 Å². The highest BCUT2D eigenvalue weighted by Gasteiger charge is 2.16. The third-order valence-electron chi connectivity index (χ3n) is 1.60. The van der Waals surface area contributed by atoms with Crippen molar-refractivity contribution in [2.75, 3.05) is 0 Å². The molecule has 1 N–H and O–H groups in total. The van der Waals surface area contributed by atoms with Gasteiger partial charge in [0.15, 0.2) is 0 Å². The number of H-pyrrole nitrogens is 1. The van der Waals surface area contributed by atoms with Gasteiger partial charge in [-0.15, -0.1) is 4.91 Å². The fourth-order valence-corrected chi connectivity index (χ4v) is 1.04. The number of hydrogen-bond acceptors (Lipinski definition) is 3. The van der Waals surface area contributed by atoms with Crippen molar-refractivity contribution in [2.24, 2.45) is 12.2 Å². The number of nitroso groups, excluding NO2 is 1. The monoisotopic (exact) mass is 188 g/mol. The number of halogens is 1. The zero-order valence-electron chi connectivity index (χ0n) is 6.59. The van der Waals surface area contributed by atoms with Crippen LogP contribution < -0.4 is 10.5 Å². The molecule has 0 unspecified atom stereocenters. The topological polar surface area (TPSA) is 65.6 Å². The molecule has 5 nitrogen and oxygen atoms in total. The summed E-state index contributed by atoms with van der Waals surface area (Å²) in [4.78, 5) is 24.0. The van der Waals surface area contributed by atoms with Crippen LogP contribution in [0.15, 0.2) is 9.97 Å². The van der Waals surface area contributed by atoms with Crippen LogP contribution in [0.3, 0.4) is 0 Å². The van der Waals surface area contributed by atoms with Gasteiger partial charge in [-0.2, -0.15) is 4.57 Å². The number of nitrogens with one attached hydrogen (secondary N) is 1. The summed E-state index contributed by atoms with van der Waals surface area (Å²) in [5.41, 5.74) is -0.781. The Morgan fingerprint density at radius 2 is 2.17 bits per heavy atom. The summed E-state index contributed by atoms with van der Waals surface area (Å²) in [5, 5.41) is 2.50. The molecule has 0 spiro atoms. The Kier molecular flexibility index (Phi) is 2.23. The van der Waals surface area contributed by atoms with Gasteiger partial charge >= 0.3 is 5.56 Å². The summed E-state index contributed by atoms with van der Waals surface area (Å²) < 4.78 is 1.27. The van der Waals surface area contributed by atoms with E-state index in [1.807, 2.05) is 0 Å². The van der Waals surface area contributed by atoms with Gasteiger partial charge in [0.25, 0.3) is 11.5 Å². The van der Waals surface area contributed by atoms with Gasteiger partial charge in [0.1, 0.15) is 0 Å². The van der Waals surface area contributed by atoms with Crippen LogP contribution in [0.1, 0.15) is 5.82 Å². The van der Waals surface area contributed by atoms with Crippen LogP contribution in [0.2, 0.25) is 5.15 Å². The summed E-state index contributed by atoms with van der Waals surface area (Å²) in [7, 11) is 1.53. The zero-order chi connectivity index (χ0) is 9.30. The smallest absolute Gasteiger partial charge is 0.239 e. The molecule has 0 bridgehead atoms. The Balaban J connectivity index is 3.63. The molecule has 12 heavy (non-hydrogen) atoms. The van der Waals surface area contributed by atoms with E-state index in [1.165, 1.54) is 11.6 Å². The van der Waals surface area contributed by atoms with Gasteiger partial charge in [-0.25, -0.2) is 9.78 Å². The first-order valence-electron chi connectivity index (χ1n) is 3.19. The van der Waals surface area contributed by atoms with E-state index in [0.717, 1.165) is 0 Å². The normalized spacial score (nSPS) is 9.92. The number of aromatic amines is 1. The molecule has 0 fully saturated rings. The van der Waals surface area contributed by atoms with Crippen LogP contribution in [-0.2, 0) is 7.05 Å². The van der Waals surface area contributed by atoms with Crippen molar-refractivity contribution in [3.8, 4) is 0 Å². The second-order valence-electron chi connectivity index (χ2n) is 2.33. The molecule has 64 valence electrons. The van der Waals surface area contributed by atoms with Crippen molar-refractivity contribution < 1.29 is 4.98 Å². The third kappa shape index (κ3) is 1.23. The Morgan fingerprint density at radius 1 is 1.58 bits per heavy atom. The average Bonchev–Trinajstić information content (AvgIpc) is 2.01. The molecule has 1 aromatic rings. The molecule has 1 rings (SSSR count). The molecule has 0 aliphatic carbocycles. The number of aryl methyl sites for hydroxylation is 1. The highest BCUT2D eigenvalue weighted by Crippen LogP contribution is 2.12. The summed E-state index contributed by atoms with van der Waals surface area (Å²) in [6, 6.07) is 0. The molecule has 1 heterocycles. The summed E-state index contributed by atoms with van der Waals surface area (Å²) in [6.07, 6.45) is 0. The van der Waals surface area contributed by atoms with Crippen LogP contribution in [0.5, 0.6) is 0 Å². The lowest BCUT2D eigenvalue weighted by Crippen LogP contribution is -2.28. The molecule has 0 amide bonds. The van der Waals surface area contributed by atoms with E-state index in [-0.39, 0.29) is 10.8 Å². The Morgan fingerprint density at radius 3 is 2.67 bits per heavy atom. The zero-order valence-corrected chi connectivity index (χ0v) is 7.34. The first-order valence-corrected chi connectivity index (χ1v) is 3.57.